The lowest BCUT2D eigenvalue weighted by Gasteiger charge is -2.21. The average Bonchev–Trinajstić information content (AvgIpc) is 3.06. The minimum absolute atomic E-state index is 0.0404. The van der Waals surface area contributed by atoms with Crippen molar-refractivity contribution >= 4 is 17.5 Å². The van der Waals surface area contributed by atoms with E-state index >= 15 is 0 Å². The van der Waals surface area contributed by atoms with Gasteiger partial charge in [-0.1, -0.05) is 32.6 Å². The van der Waals surface area contributed by atoms with Crippen molar-refractivity contribution in [1.82, 2.24) is 5.32 Å². The first-order chi connectivity index (χ1) is 13.0. The second-order valence-corrected chi connectivity index (χ2v) is 7.20. The SMILES string of the molecule is CCCCCC[C@H](C)NC(=O)[C@@H]1CC(=O)N(c2ccc(OC)cc2OC)C1. The molecule has 1 fully saturated rings. The summed E-state index contributed by atoms with van der Waals surface area (Å²) in [4.78, 5) is 26.7. The second kappa shape index (κ2) is 10.2. The van der Waals surface area contributed by atoms with Gasteiger partial charge in [0, 0.05) is 25.1 Å². The maximum absolute atomic E-state index is 12.6. The van der Waals surface area contributed by atoms with Gasteiger partial charge < -0.3 is 19.7 Å². The molecule has 6 nitrogen and oxygen atoms in total. The third-order valence-electron chi connectivity index (χ3n) is 5.05. The Morgan fingerprint density at radius 3 is 2.70 bits per heavy atom. The number of nitrogens with zero attached hydrogens (tertiary/aromatic N) is 1. The lowest BCUT2D eigenvalue weighted by Crippen LogP contribution is -2.38. The van der Waals surface area contributed by atoms with Gasteiger partial charge in [-0.3, -0.25) is 9.59 Å². The molecule has 1 aliphatic rings. The molecule has 0 radical (unpaired) electrons. The molecule has 1 aromatic carbocycles. The summed E-state index contributed by atoms with van der Waals surface area (Å²) < 4.78 is 10.6. The van der Waals surface area contributed by atoms with Crippen LogP contribution in [0.3, 0.4) is 0 Å². The number of methoxy groups -OCH3 is 2. The first-order valence-corrected chi connectivity index (χ1v) is 9.82. The van der Waals surface area contributed by atoms with Crippen molar-refractivity contribution in [3.05, 3.63) is 18.2 Å². The molecule has 1 heterocycles. The molecule has 0 aliphatic carbocycles. The summed E-state index contributed by atoms with van der Waals surface area (Å²) in [6.45, 7) is 4.59. The van der Waals surface area contributed by atoms with E-state index in [1.165, 1.54) is 19.3 Å². The highest BCUT2D eigenvalue weighted by atomic mass is 16.5. The lowest BCUT2D eigenvalue weighted by molar-refractivity contribution is -0.126. The molecular weight excluding hydrogens is 344 g/mol. The van der Waals surface area contributed by atoms with Crippen LogP contribution in [0.5, 0.6) is 11.5 Å². The standard InChI is InChI=1S/C21H32N2O4/c1-5-6-7-8-9-15(2)22-21(25)16-12-20(24)23(14-16)18-11-10-17(26-3)13-19(18)27-4/h10-11,13,15-16H,5-9,12,14H2,1-4H3,(H,22,25)/t15-,16+/m0/s1. The quantitative estimate of drug-likeness (QED) is 0.634. The van der Waals surface area contributed by atoms with E-state index in [9.17, 15) is 9.59 Å². The van der Waals surface area contributed by atoms with E-state index in [1.54, 1.807) is 37.3 Å². The van der Waals surface area contributed by atoms with Crippen molar-refractivity contribution in [2.45, 2.75) is 58.4 Å². The highest BCUT2D eigenvalue weighted by Crippen LogP contribution is 2.35. The van der Waals surface area contributed by atoms with Gasteiger partial charge in [0.15, 0.2) is 0 Å². The van der Waals surface area contributed by atoms with Gasteiger partial charge in [0.1, 0.15) is 11.5 Å². The van der Waals surface area contributed by atoms with Gasteiger partial charge in [0.25, 0.3) is 0 Å². The van der Waals surface area contributed by atoms with Crippen molar-refractivity contribution in [2.24, 2.45) is 5.92 Å². The zero-order valence-corrected chi connectivity index (χ0v) is 16.9. The van der Waals surface area contributed by atoms with Crippen LogP contribution in [-0.4, -0.2) is 38.6 Å². The molecule has 2 amide bonds. The third-order valence-corrected chi connectivity index (χ3v) is 5.05. The number of hydrogen-bond acceptors (Lipinski definition) is 4. The largest absolute Gasteiger partial charge is 0.497 e. The van der Waals surface area contributed by atoms with Crippen LogP contribution in [-0.2, 0) is 9.59 Å². The Morgan fingerprint density at radius 2 is 2.04 bits per heavy atom. The van der Waals surface area contributed by atoms with E-state index in [-0.39, 0.29) is 30.2 Å². The van der Waals surface area contributed by atoms with Gasteiger partial charge in [-0.15, -0.1) is 0 Å². The smallest absolute Gasteiger partial charge is 0.227 e. The van der Waals surface area contributed by atoms with Gasteiger partial charge in [0.05, 0.1) is 25.8 Å². The Balaban J connectivity index is 1.95. The molecule has 1 aliphatic heterocycles. The van der Waals surface area contributed by atoms with E-state index in [4.69, 9.17) is 9.47 Å². The third kappa shape index (κ3) is 5.62. The summed E-state index contributed by atoms with van der Waals surface area (Å²) in [7, 11) is 3.14. The Labute approximate surface area is 162 Å². The first-order valence-electron chi connectivity index (χ1n) is 9.82. The molecule has 0 spiro atoms. The monoisotopic (exact) mass is 376 g/mol. The fourth-order valence-corrected chi connectivity index (χ4v) is 3.43. The molecule has 150 valence electrons. The highest BCUT2D eigenvalue weighted by molar-refractivity contribution is 6.01. The maximum Gasteiger partial charge on any atom is 0.227 e. The van der Waals surface area contributed by atoms with Crippen LogP contribution < -0.4 is 19.7 Å². The highest BCUT2D eigenvalue weighted by Gasteiger charge is 2.36. The number of nitrogens with one attached hydrogen (secondary N) is 1. The van der Waals surface area contributed by atoms with Crippen molar-refractivity contribution in [2.75, 3.05) is 25.7 Å². The Hall–Kier alpha value is -2.24. The summed E-state index contributed by atoms with van der Waals surface area (Å²) in [6, 6.07) is 5.46. The number of carbonyl (C=O) groups is 2. The fourth-order valence-electron chi connectivity index (χ4n) is 3.43. The van der Waals surface area contributed by atoms with Gasteiger partial charge in [-0.05, 0) is 25.5 Å². The second-order valence-electron chi connectivity index (χ2n) is 7.20. The number of carbonyl (C=O) groups excluding carboxylic acids is 2. The summed E-state index contributed by atoms with van der Waals surface area (Å²) in [5, 5.41) is 3.07. The van der Waals surface area contributed by atoms with Crippen molar-refractivity contribution < 1.29 is 19.1 Å². The predicted molar refractivity (Wildman–Crippen MR) is 106 cm³/mol. The molecule has 0 bridgehead atoms. The topological polar surface area (TPSA) is 67.9 Å². The summed E-state index contributed by atoms with van der Waals surface area (Å²) >= 11 is 0. The number of unbranched alkanes of at least 4 members (excludes halogenated alkanes) is 3. The molecule has 1 aromatic rings. The van der Waals surface area contributed by atoms with Crippen LogP contribution in [0.1, 0.15) is 52.4 Å². The predicted octanol–water partition coefficient (Wildman–Crippen LogP) is 3.53. The molecule has 0 aromatic heterocycles. The van der Waals surface area contributed by atoms with Gasteiger partial charge in [-0.25, -0.2) is 0 Å². The average molecular weight is 376 g/mol. The van der Waals surface area contributed by atoms with Gasteiger partial charge in [-0.2, -0.15) is 0 Å². The van der Waals surface area contributed by atoms with E-state index in [0.717, 1.165) is 12.8 Å². The van der Waals surface area contributed by atoms with E-state index in [2.05, 4.69) is 12.2 Å². The molecule has 0 saturated carbocycles. The van der Waals surface area contributed by atoms with Crippen LogP contribution in [0.15, 0.2) is 18.2 Å². The lowest BCUT2D eigenvalue weighted by atomic mass is 10.1. The van der Waals surface area contributed by atoms with Crippen molar-refractivity contribution in [1.29, 1.82) is 0 Å². The molecule has 2 atom stereocenters. The minimum Gasteiger partial charge on any atom is -0.497 e. The van der Waals surface area contributed by atoms with Crippen LogP contribution in [0.25, 0.3) is 0 Å². The Kier molecular flexibility index (Phi) is 7.95. The van der Waals surface area contributed by atoms with E-state index in [0.29, 0.717) is 23.7 Å². The Bertz CT molecular complexity index is 647. The number of ether oxygens (including phenoxy) is 2. The maximum atomic E-state index is 12.6. The van der Waals surface area contributed by atoms with Crippen LogP contribution in [0.4, 0.5) is 5.69 Å². The minimum atomic E-state index is -0.331. The molecule has 1 saturated heterocycles. The van der Waals surface area contributed by atoms with E-state index < -0.39 is 0 Å². The van der Waals surface area contributed by atoms with Gasteiger partial charge in [0.2, 0.25) is 11.8 Å². The number of rotatable bonds is 10. The summed E-state index contributed by atoms with van der Waals surface area (Å²) in [6.07, 6.45) is 5.95. The molecule has 6 heteroatoms. The molecular formula is C21H32N2O4. The molecule has 0 unspecified atom stereocenters. The molecule has 2 rings (SSSR count). The van der Waals surface area contributed by atoms with Gasteiger partial charge >= 0.3 is 0 Å². The zero-order chi connectivity index (χ0) is 19.8. The summed E-state index contributed by atoms with van der Waals surface area (Å²) in [5.74, 6) is 0.791. The number of hydrogen-bond donors (Lipinski definition) is 1. The number of anilines is 1. The molecule has 27 heavy (non-hydrogen) atoms. The summed E-state index contributed by atoms with van der Waals surface area (Å²) in [5.41, 5.74) is 0.672. The fraction of sp³-hybridized carbons (Fsp3) is 0.619. The van der Waals surface area contributed by atoms with Crippen molar-refractivity contribution in [3.8, 4) is 11.5 Å². The zero-order valence-electron chi connectivity index (χ0n) is 16.9. The van der Waals surface area contributed by atoms with E-state index in [1.807, 2.05) is 6.92 Å². The van der Waals surface area contributed by atoms with Crippen LogP contribution in [0.2, 0.25) is 0 Å². The Morgan fingerprint density at radius 1 is 1.26 bits per heavy atom. The number of benzene rings is 1. The molecule has 1 N–H and O–H groups in total. The number of amides is 2. The first kappa shape index (κ1) is 21.1. The van der Waals surface area contributed by atoms with Crippen molar-refractivity contribution in [3.63, 3.8) is 0 Å². The van der Waals surface area contributed by atoms with Crippen LogP contribution >= 0.6 is 0 Å². The van der Waals surface area contributed by atoms with Crippen LogP contribution in [0, 0.1) is 5.92 Å². The normalized spacial score (nSPS) is 17.7.